The summed E-state index contributed by atoms with van der Waals surface area (Å²) in [6, 6.07) is 0. The summed E-state index contributed by atoms with van der Waals surface area (Å²) in [5.41, 5.74) is 8.22. The molecule has 166 valence electrons. The highest BCUT2D eigenvalue weighted by Crippen LogP contribution is 2.47. The van der Waals surface area contributed by atoms with Gasteiger partial charge in [0.05, 0.1) is 24.5 Å². The van der Waals surface area contributed by atoms with Crippen LogP contribution in [0.5, 0.6) is 0 Å². The Morgan fingerprint density at radius 2 is 1.90 bits per heavy atom. The molecular weight excluding hydrogens is 425 g/mol. The molecule has 1 N–H and O–H groups in total. The van der Waals surface area contributed by atoms with Crippen LogP contribution >= 0.6 is 17.1 Å². The molecule has 0 saturated heterocycles. The van der Waals surface area contributed by atoms with Gasteiger partial charge in [-0.3, -0.25) is 14.4 Å². The zero-order valence-corrected chi connectivity index (χ0v) is 19.1. The molecule has 0 aromatic rings. The molecule has 0 aliphatic carbocycles. The highest BCUT2D eigenvalue weighted by Gasteiger charge is 2.32. The summed E-state index contributed by atoms with van der Waals surface area (Å²) in [5, 5.41) is 12.8. The van der Waals surface area contributed by atoms with Crippen LogP contribution in [0.4, 0.5) is 4.20 Å². The van der Waals surface area contributed by atoms with Crippen LogP contribution in [-0.2, 0) is 23.6 Å². The molecule has 13 heteroatoms. The molecule has 0 aliphatic heterocycles. The maximum atomic E-state index is 12.9. The Hall–Kier alpha value is -1.53. The van der Waals surface area contributed by atoms with Crippen LogP contribution in [0.3, 0.4) is 0 Å². The van der Waals surface area contributed by atoms with Gasteiger partial charge in [-0.05, 0) is 33.7 Å². The Labute approximate surface area is 173 Å². The molecule has 6 unspecified atom stereocenters. The number of aliphatic hydroxyl groups excluding tert-OH is 1. The third kappa shape index (κ3) is 11.3. The monoisotopic (exact) mass is 454 g/mol. The summed E-state index contributed by atoms with van der Waals surface area (Å²) in [6.07, 6.45) is -0.527. The van der Waals surface area contributed by atoms with E-state index in [0.29, 0.717) is 6.42 Å². The number of amides is 1. The summed E-state index contributed by atoms with van der Waals surface area (Å²) < 4.78 is 22.6. The Kier molecular flexibility index (Phi) is 13.7. The molecule has 10 nitrogen and oxygen atoms in total. The van der Waals surface area contributed by atoms with Crippen molar-refractivity contribution < 1.29 is 32.9 Å². The Morgan fingerprint density at radius 1 is 1.28 bits per heavy atom. The first-order chi connectivity index (χ1) is 13.5. The molecule has 0 heterocycles. The first-order valence-corrected chi connectivity index (χ1v) is 11.8. The van der Waals surface area contributed by atoms with Gasteiger partial charge in [-0.25, -0.2) is 0 Å². The number of carbonyl (C=O) groups is 3. The number of nitrogens with zero attached hydrogens (tertiary/aromatic N) is 4. The summed E-state index contributed by atoms with van der Waals surface area (Å²) in [4.78, 5) is 40.7. The molecule has 0 spiro atoms. The second-order valence-corrected chi connectivity index (χ2v) is 8.73. The molecule has 0 aromatic carbocycles. The largest absolute Gasteiger partial charge is 0.463 e. The van der Waals surface area contributed by atoms with Gasteiger partial charge in [0.1, 0.15) is 6.61 Å². The van der Waals surface area contributed by atoms with Crippen LogP contribution in [0.15, 0.2) is 5.11 Å². The first kappa shape index (κ1) is 27.5. The maximum absolute atomic E-state index is 12.9. The minimum absolute atomic E-state index is 0.0903. The van der Waals surface area contributed by atoms with Crippen molar-refractivity contribution in [3.63, 3.8) is 0 Å². The van der Waals surface area contributed by atoms with E-state index in [2.05, 4.69) is 14.5 Å². The lowest BCUT2D eigenvalue weighted by Crippen LogP contribution is -2.35. The first-order valence-electron chi connectivity index (χ1n) is 9.02. The summed E-state index contributed by atoms with van der Waals surface area (Å²) in [5.74, 6) is -3.66. The van der Waals surface area contributed by atoms with Gasteiger partial charge >= 0.3 is 11.9 Å². The molecule has 0 rings (SSSR count). The Bertz CT molecular complexity index is 604. The molecular formula is C16H29FN4O6P2. The lowest BCUT2D eigenvalue weighted by Gasteiger charge is -2.26. The second-order valence-electron chi connectivity index (χ2n) is 6.79. The average molecular weight is 454 g/mol. The molecule has 29 heavy (non-hydrogen) atoms. The molecule has 0 aliphatic rings. The number of ether oxygens (including phenoxy) is 1. The third-order valence-corrected chi connectivity index (χ3v) is 4.85. The smallest absolute Gasteiger partial charge is 0.313 e. The fraction of sp³-hybridized carbons (Fsp3) is 0.812. The van der Waals surface area contributed by atoms with Crippen LogP contribution < -0.4 is 0 Å². The van der Waals surface area contributed by atoms with Crippen molar-refractivity contribution in [3.05, 3.63) is 10.4 Å². The van der Waals surface area contributed by atoms with E-state index in [1.54, 1.807) is 29.9 Å². The van der Waals surface area contributed by atoms with E-state index in [4.69, 9.17) is 10.3 Å². The quantitative estimate of drug-likeness (QED) is 0.149. The Balaban J connectivity index is 5.08. The second kappa shape index (κ2) is 14.5. The van der Waals surface area contributed by atoms with Crippen LogP contribution in [0.2, 0.25) is 0 Å². The van der Waals surface area contributed by atoms with E-state index < -0.39 is 43.9 Å². The standard InChI is InChI=1S/C16H29FN4O6P2/c1-5-11(16(25)26-9-13(22)8-19-20-18)7-12(14(23)21(3)4)6-10(2)15(24)27-29(17)28/h10-13,22H,5-9,28H2,1-4H3. The third-order valence-electron chi connectivity index (χ3n) is 4.18. The molecule has 0 saturated carbocycles. The van der Waals surface area contributed by atoms with E-state index in [0.717, 1.165) is 0 Å². The summed E-state index contributed by atoms with van der Waals surface area (Å²) in [7, 11) is 2.47. The molecule has 0 aromatic heterocycles. The topological polar surface area (TPSA) is 142 Å². The molecule has 0 bridgehead atoms. The van der Waals surface area contributed by atoms with E-state index >= 15 is 0 Å². The van der Waals surface area contributed by atoms with Crippen molar-refractivity contribution in [1.82, 2.24) is 4.90 Å². The zero-order valence-electron chi connectivity index (χ0n) is 17.0. The molecule has 0 fully saturated rings. The van der Waals surface area contributed by atoms with Gasteiger partial charge in [0, 0.05) is 24.9 Å². The number of hydrogen-bond acceptors (Lipinski definition) is 7. The highest BCUT2D eigenvalue weighted by molar-refractivity contribution is 8.08. The van der Waals surface area contributed by atoms with Crippen LogP contribution in [-0.4, -0.2) is 61.2 Å². The van der Waals surface area contributed by atoms with Gasteiger partial charge in [0.25, 0.3) is 8.15 Å². The van der Waals surface area contributed by atoms with Crippen LogP contribution in [0, 0.1) is 17.8 Å². The van der Waals surface area contributed by atoms with E-state index in [9.17, 15) is 23.7 Å². The molecule has 6 atom stereocenters. The van der Waals surface area contributed by atoms with Gasteiger partial charge in [0.15, 0.2) is 0 Å². The fourth-order valence-electron chi connectivity index (χ4n) is 2.61. The number of rotatable bonds is 13. The average Bonchev–Trinajstić information content (AvgIpc) is 2.65. The zero-order chi connectivity index (χ0) is 22.6. The normalized spacial score (nSPS) is 15.8. The van der Waals surface area contributed by atoms with Crippen molar-refractivity contribution in [3.8, 4) is 0 Å². The van der Waals surface area contributed by atoms with Crippen molar-refractivity contribution in [1.29, 1.82) is 0 Å². The SMILES string of the molecule is CCC(CC(CC(C)C(=O)OP(F)P)C(=O)N(C)C)C(=O)OCC(O)CN=[N+]=[N-]. The number of carbonyl (C=O) groups excluding carboxylic acids is 3. The van der Waals surface area contributed by atoms with Crippen molar-refractivity contribution in [2.24, 2.45) is 22.9 Å². The van der Waals surface area contributed by atoms with Crippen LogP contribution in [0.25, 0.3) is 10.4 Å². The van der Waals surface area contributed by atoms with E-state index in [1.165, 1.54) is 11.8 Å². The van der Waals surface area contributed by atoms with Crippen molar-refractivity contribution >= 4 is 34.9 Å². The van der Waals surface area contributed by atoms with Crippen molar-refractivity contribution in [2.45, 2.75) is 39.2 Å². The number of hydrogen-bond donors (Lipinski definition) is 1. The lowest BCUT2D eigenvalue weighted by atomic mass is 9.85. The number of azide groups is 1. The highest BCUT2D eigenvalue weighted by atomic mass is 32.0. The summed E-state index contributed by atoms with van der Waals surface area (Å²) in [6.45, 7) is 2.72. The van der Waals surface area contributed by atoms with Crippen molar-refractivity contribution in [2.75, 3.05) is 27.2 Å². The molecule has 0 radical (unpaired) electrons. The van der Waals surface area contributed by atoms with Gasteiger partial charge in [-0.15, -0.1) is 0 Å². The van der Waals surface area contributed by atoms with Gasteiger partial charge in [-0.2, -0.15) is 4.20 Å². The Morgan fingerprint density at radius 3 is 2.38 bits per heavy atom. The lowest BCUT2D eigenvalue weighted by molar-refractivity contribution is -0.152. The predicted molar refractivity (Wildman–Crippen MR) is 109 cm³/mol. The summed E-state index contributed by atoms with van der Waals surface area (Å²) >= 11 is 0. The van der Waals surface area contributed by atoms with Crippen LogP contribution in [0.1, 0.15) is 33.1 Å². The number of aliphatic hydroxyl groups is 1. The van der Waals surface area contributed by atoms with Gasteiger partial charge in [0.2, 0.25) is 5.91 Å². The van der Waals surface area contributed by atoms with E-state index in [-0.39, 0.29) is 31.9 Å². The van der Waals surface area contributed by atoms with E-state index in [1.807, 2.05) is 0 Å². The molecule has 1 amide bonds. The predicted octanol–water partition coefficient (Wildman–Crippen LogP) is 2.96. The van der Waals surface area contributed by atoms with Gasteiger partial charge in [-0.1, -0.05) is 19.0 Å². The maximum Gasteiger partial charge on any atom is 0.313 e. The number of halogens is 1. The number of esters is 1. The van der Waals surface area contributed by atoms with Gasteiger partial charge < -0.3 is 19.3 Å². The fourth-order valence-corrected chi connectivity index (χ4v) is 3.28. The minimum Gasteiger partial charge on any atom is -0.463 e. The minimum atomic E-state index is -2.43.